The average molecular weight is 251 g/mol. The van der Waals surface area contributed by atoms with Crippen LogP contribution in [0.25, 0.3) is 0 Å². The molecule has 0 saturated carbocycles. The fraction of sp³-hybridized carbons (Fsp3) is 0.385. The molecule has 98 valence electrons. The molecule has 2 unspecified atom stereocenters. The van der Waals surface area contributed by atoms with E-state index < -0.39 is 23.8 Å². The molecule has 0 heterocycles. The van der Waals surface area contributed by atoms with Crippen molar-refractivity contribution in [3.05, 3.63) is 35.9 Å². The van der Waals surface area contributed by atoms with Crippen LogP contribution in [0.15, 0.2) is 30.3 Å². The molecule has 3 N–H and O–H groups in total. The maximum absolute atomic E-state index is 11.7. The molecule has 0 fully saturated rings. The second-order valence-electron chi connectivity index (χ2n) is 4.12. The van der Waals surface area contributed by atoms with E-state index in [1.807, 2.05) is 18.2 Å². The van der Waals surface area contributed by atoms with Gasteiger partial charge < -0.3 is 15.6 Å². The van der Waals surface area contributed by atoms with Crippen LogP contribution in [0.4, 0.5) is 0 Å². The van der Waals surface area contributed by atoms with Crippen molar-refractivity contribution in [2.24, 2.45) is 17.6 Å². The van der Waals surface area contributed by atoms with Gasteiger partial charge in [0, 0.05) is 0 Å². The molecule has 0 radical (unpaired) electrons. The minimum Gasteiger partial charge on any atom is -0.481 e. The van der Waals surface area contributed by atoms with E-state index in [4.69, 9.17) is 15.6 Å². The van der Waals surface area contributed by atoms with Crippen molar-refractivity contribution >= 4 is 11.9 Å². The van der Waals surface area contributed by atoms with E-state index in [9.17, 15) is 9.59 Å². The van der Waals surface area contributed by atoms with Gasteiger partial charge in [-0.25, -0.2) is 0 Å². The molecule has 0 amide bonds. The summed E-state index contributed by atoms with van der Waals surface area (Å²) in [5.41, 5.74) is 6.20. The summed E-state index contributed by atoms with van der Waals surface area (Å²) in [7, 11) is 0. The SMILES string of the molecule is CC(CN)C(C(=O)O)C(=O)OCc1ccccc1. The number of rotatable bonds is 6. The van der Waals surface area contributed by atoms with Crippen molar-refractivity contribution in [3.8, 4) is 0 Å². The van der Waals surface area contributed by atoms with Crippen LogP contribution in [0, 0.1) is 11.8 Å². The zero-order chi connectivity index (χ0) is 13.5. The Morgan fingerprint density at radius 1 is 1.33 bits per heavy atom. The molecular formula is C13H17NO4. The molecule has 1 rings (SSSR count). The van der Waals surface area contributed by atoms with E-state index in [0.29, 0.717) is 0 Å². The number of hydrogen-bond donors (Lipinski definition) is 2. The van der Waals surface area contributed by atoms with Crippen LogP contribution in [0.2, 0.25) is 0 Å². The number of carbonyl (C=O) groups excluding carboxylic acids is 1. The van der Waals surface area contributed by atoms with E-state index in [1.54, 1.807) is 19.1 Å². The van der Waals surface area contributed by atoms with Crippen LogP contribution in [0.3, 0.4) is 0 Å². The number of carboxylic acids is 1. The fourth-order valence-corrected chi connectivity index (χ4v) is 1.53. The summed E-state index contributed by atoms with van der Waals surface area (Å²) in [5, 5.41) is 8.99. The first-order chi connectivity index (χ1) is 8.56. The molecule has 18 heavy (non-hydrogen) atoms. The topological polar surface area (TPSA) is 89.6 Å². The van der Waals surface area contributed by atoms with Crippen LogP contribution in [0.1, 0.15) is 12.5 Å². The zero-order valence-electron chi connectivity index (χ0n) is 10.2. The molecule has 1 aromatic carbocycles. The Balaban J connectivity index is 2.60. The molecule has 0 aromatic heterocycles. The highest BCUT2D eigenvalue weighted by atomic mass is 16.5. The number of carboxylic acid groups (broad SMARTS) is 1. The van der Waals surface area contributed by atoms with Crippen molar-refractivity contribution in [3.63, 3.8) is 0 Å². The van der Waals surface area contributed by atoms with Gasteiger partial charge in [0.25, 0.3) is 0 Å². The summed E-state index contributed by atoms with van der Waals surface area (Å²) in [5.74, 6) is -3.61. The van der Waals surface area contributed by atoms with E-state index in [1.165, 1.54) is 0 Å². The highest BCUT2D eigenvalue weighted by molar-refractivity contribution is 5.94. The summed E-state index contributed by atoms with van der Waals surface area (Å²) >= 11 is 0. The Kier molecular flexibility index (Phi) is 5.32. The molecule has 0 aliphatic rings. The number of ether oxygens (including phenoxy) is 1. The third-order valence-electron chi connectivity index (χ3n) is 2.68. The summed E-state index contributed by atoms with van der Waals surface area (Å²) in [6.45, 7) is 1.81. The van der Waals surface area contributed by atoms with Crippen LogP contribution < -0.4 is 5.73 Å². The smallest absolute Gasteiger partial charge is 0.320 e. The summed E-state index contributed by atoms with van der Waals surface area (Å²) in [4.78, 5) is 22.7. The summed E-state index contributed by atoms with van der Waals surface area (Å²) in [6.07, 6.45) is 0. The molecule has 0 spiro atoms. The standard InChI is InChI=1S/C13H17NO4/c1-9(7-14)11(12(15)16)13(17)18-8-10-5-3-2-4-6-10/h2-6,9,11H,7-8,14H2,1H3,(H,15,16). The van der Waals surface area contributed by atoms with Gasteiger partial charge in [-0.15, -0.1) is 0 Å². The number of aliphatic carboxylic acids is 1. The lowest BCUT2D eigenvalue weighted by Gasteiger charge is -2.17. The predicted molar refractivity (Wildman–Crippen MR) is 65.6 cm³/mol. The molecule has 1 aromatic rings. The third-order valence-corrected chi connectivity index (χ3v) is 2.68. The maximum atomic E-state index is 11.7. The van der Waals surface area contributed by atoms with Crippen LogP contribution >= 0.6 is 0 Å². The first kappa shape index (κ1) is 14.2. The Labute approximate surface area is 106 Å². The van der Waals surface area contributed by atoms with Gasteiger partial charge in [0.2, 0.25) is 0 Å². The van der Waals surface area contributed by atoms with Crippen LogP contribution in [-0.4, -0.2) is 23.6 Å². The lowest BCUT2D eigenvalue weighted by Crippen LogP contribution is -2.35. The van der Waals surface area contributed by atoms with Gasteiger partial charge in [0.05, 0.1) is 0 Å². The number of benzene rings is 1. The molecular weight excluding hydrogens is 234 g/mol. The van der Waals surface area contributed by atoms with Gasteiger partial charge in [0.15, 0.2) is 5.92 Å². The highest BCUT2D eigenvalue weighted by Gasteiger charge is 2.32. The minimum absolute atomic E-state index is 0.0702. The van der Waals surface area contributed by atoms with Gasteiger partial charge in [0.1, 0.15) is 6.61 Å². The second kappa shape index (κ2) is 6.76. The highest BCUT2D eigenvalue weighted by Crippen LogP contribution is 2.14. The monoisotopic (exact) mass is 251 g/mol. The normalized spacial score (nSPS) is 13.7. The van der Waals surface area contributed by atoms with E-state index in [-0.39, 0.29) is 13.2 Å². The Bertz CT molecular complexity index is 405. The molecule has 0 saturated heterocycles. The molecule has 5 heteroatoms. The number of hydrogen-bond acceptors (Lipinski definition) is 4. The first-order valence-corrected chi connectivity index (χ1v) is 5.69. The largest absolute Gasteiger partial charge is 0.481 e. The predicted octanol–water partition coefficient (Wildman–Crippen LogP) is 1.03. The third kappa shape index (κ3) is 3.85. The minimum atomic E-state index is -1.21. The number of esters is 1. The van der Waals surface area contributed by atoms with Gasteiger partial charge in [-0.05, 0) is 18.0 Å². The van der Waals surface area contributed by atoms with E-state index in [0.717, 1.165) is 5.56 Å². The summed E-state index contributed by atoms with van der Waals surface area (Å²) in [6, 6.07) is 9.09. The number of nitrogens with two attached hydrogens (primary N) is 1. The Morgan fingerprint density at radius 2 is 1.94 bits per heavy atom. The fourth-order valence-electron chi connectivity index (χ4n) is 1.53. The van der Waals surface area contributed by atoms with Crippen molar-refractivity contribution in [1.82, 2.24) is 0 Å². The molecule has 2 atom stereocenters. The van der Waals surface area contributed by atoms with Crippen molar-refractivity contribution < 1.29 is 19.4 Å². The molecule has 0 aliphatic carbocycles. The van der Waals surface area contributed by atoms with Gasteiger partial charge in [-0.3, -0.25) is 9.59 Å². The Morgan fingerprint density at radius 3 is 2.44 bits per heavy atom. The first-order valence-electron chi connectivity index (χ1n) is 5.69. The van der Waals surface area contributed by atoms with E-state index in [2.05, 4.69) is 0 Å². The number of carbonyl (C=O) groups is 2. The lowest BCUT2D eigenvalue weighted by atomic mass is 9.94. The van der Waals surface area contributed by atoms with Crippen LogP contribution in [0.5, 0.6) is 0 Å². The van der Waals surface area contributed by atoms with Crippen LogP contribution in [-0.2, 0) is 20.9 Å². The van der Waals surface area contributed by atoms with Crippen molar-refractivity contribution in [2.75, 3.05) is 6.54 Å². The van der Waals surface area contributed by atoms with Gasteiger partial charge >= 0.3 is 11.9 Å². The zero-order valence-corrected chi connectivity index (χ0v) is 10.2. The molecule has 5 nitrogen and oxygen atoms in total. The van der Waals surface area contributed by atoms with Gasteiger partial charge in [-0.2, -0.15) is 0 Å². The quantitative estimate of drug-likeness (QED) is 0.582. The Hall–Kier alpha value is -1.88. The van der Waals surface area contributed by atoms with Gasteiger partial charge in [-0.1, -0.05) is 37.3 Å². The van der Waals surface area contributed by atoms with E-state index >= 15 is 0 Å². The molecule has 0 aliphatic heterocycles. The van der Waals surface area contributed by atoms with Crippen molar-refractivity contribution in [2.45, 2.75) is 13.5 Å². The maximum Gasteiger partial charge on any atom is 0.320 e. The van der Waals surface area contributed by atoms with Crippen molar-refractivity contribution in [1.29, 1.82) is 0 Å². The second-order valence-corrected chi connectivity index (χ2v) is 4.12. The summed E-state index contributed by atoms with van der Waals surface area (Å²) < 4.78 is 5.00. The lowest BCUT2D eigenvalue weighted by molar-refractivity contribution is -0.161. The molecule has 0 bridgehead atoms. The average Bonchev–Trinajstić information content (AvgIpc) is 2.37.